The molecule has 3 aromatic carbocycles. The first kappa shape index (κ1) is 16.4. The number of benzene rings is 3. The van der Waals surface area contributed by atoms with Gasteiger partial charge < -0.3 is 9.57 Å². The molecule has 2 heterocycles. The lowest BCUT2D eigenvalue weighted by molar-refractivity contribution is 0.367. The van der Waals surface area contributed by atoms with Gasteiger partial charge in [-0.2, -0.15) is 0 Å². The summed E-state index contributed by atoms with van der Waals surface area (Å²) in [5.41, 5.74) is 2.11. The van der Waals surface area contributed by atoms with Crippen LogP contribution in [0, 0.1) is 0 Å². The molecule has 5 rings (SSSR count). The summed E-state index contributed by atoms with van der Waals surface area (Å²) in [6.07, 6.45) is 0. The molecule has 0 saturated heterocycles. The number of fused-ring (bicyclic) bond motifs is 1. The molecule has 0 radical (unpaired) electrons. The van der Waals surface area contributed by atoms with Crippen molar-refractivity contribution in [2.45, 2.75) is 0 Å². The van der Waals surface area contributed by atoms with E-state index in [9.17, 15) is 0 Å². The fourth-order valence-corrected chi connectivity index (χ4v) is 4.41. The Morgan fingerprint density at radius 2 is 1.63 bits per heavy atom. The summed E-state index contributed by atoms with van der Waals surface area (Å²) in [5.74, 6) is 0.775. The van der Waals surface area contributed by atoms with Crippen molar-refractivity contribution in [1.29, 1.82) is 0 Å². The van der Waals surface area contributed by atoms with Gasteiger partial charge >= 0.3 is 7.05 Å². The lowest BCUT2D eigenvalue weighted by Gasteiger charge is -2.24. The van der Waals surface area contributed by atoms with E-state index in [1.54, 1.807) is 0 Å². The molecule has 0 aliphatic carbocycles. The second-order valence-electron chi connectivity index (χ2n) is 6.26. The molecule has 1 aliphatic rings. The molecular weight excluding hydrogens is 375 g/mol. The van der Waals surface area contributed by atoms with Gasteiger partial charge in [-0.3, -0.25) is 0 Å². The molecule has 0 unspecified atom stereocenters. The van der Waals surface area contributed by atoms with E-state index in [4.69, 9.17) is 16.4 Å². The van der Waals surface area contributed by atoms with Crippen molar-refractivity contribution in [3.05, 3.63) is 94.1 Å². The molecule has 1 aliphatic heterocycles. The molecule has 0 bridgehead atoms. The van der Waals surface area contributed by atoms with Crippen LogP contribution in [0.5, 0.6) is 0 Å². The standard InChI is InChI=1S/C21H14BClN2OS/c23-20-14-13-19(27-20)21-24-26-22(16-9-2-1-3-10-16)25(21)18-12-6-8-15-7-4-5-11-17(15)18/h1-14H. The maximum atomic E-state index is 6.19. The number of nitrogens with zero attached hydrogens (tertiary/aromatic N) is 2. The van der Waals surface area contributed by atoms with Gasteiger partial charge in [-0.15, -0.1) is 11.3 Å². The lowest BCUT2D eigenvalue weighted by atomic mass is 9.71. The van der Waals surface area contributed by atoms with E-state index < -0.39 is 0 Å². The number of halogens is 1. The number of rotatable bonds is 3. The van der Waals surface area contributed by atoms with Crippen molar-refractivity contribution in [2.24, 2.45) is 5.16 Å². The second-order valence-corrected chi connectivity index (χ2v) is 7.97. The largest absolute Gasteiger partial charge is 0.550 e. The van der Waals surface area contributed by atoms with E-state index >= 15 is 0 Å². The summed E-state index contributed by atoms with van der Waals surface area (Å²) in [5, 5.41) is 6.77. The molecule has 27 heavy (non-hydrogen) atoms. The summed E-state index contributed by atoms with van der Waals surface area (Å²) in [7, 11) is -0.326. The average Bonchev–Trinajstić information content (AvgIpc) is 3.34. The van der Waals surface area contributed by atoms with Crippen LogP contribution in [0.4, 0.5) is 5.69 Å². The zero-order valence-electron chi connectivity index (χ0n) is 14.2. The second kappa shape index (κ2) is 6.76. The first-order chi connectivity index (χ1) is 13.3. The molecule has 0 amide bonds. The molecule has 0 N–H and O–H groups in total. The Hall–Kier alpha value is -2.76. The van der Waals surface area contributed by atoms with Gasteiger partial charge in [0.1, 0.15) is 0 Å². The van der Waals surface area contributed by atoms with E-state index in [-0.39, 0.29) is 7.05 Å². The van der Waals surface area contributed by atoms with E-state index in [0.717, 1.165) is 31.6 Å². The molecule has 0 fully saturated rings. The summed E-state index contributed by atoms with van der Waals surface area (Å²) in [4.78, 5) is 3.13. The van der Waals surface area contributed by atoms with Crippen LogP contribution in [0.25, 0.3) is 10.8 Å². The molecule has 4 aromatic rings. The van der Waals surface area contributed by atoms with Crippen molar-refractivity contribution in [2.75, 3.05) is 4.81 Å². The fourth-order valence-electron chi connectivity index (χ4n) is 3.39. The number of thiophene rings is 1. The van der Waals surface area contributed by atoms with Crippen LogP contribution in [0.15, 0.2) is 90.1 Å². The Balaban J connectivity index is 1.70. The molecule has 1 aromatic heterocycles. The summed E-state index contributed by atoms with van der Waals surface area (Å²) >= 11 is 7.68. The third-order valence-electron chi connectivity index (χ3n) is 4.61. The normalized spacial score (nSPS) is 13.7. The summed E-state index contributed by atoms with van der Waals surface area (Å²) < 4.78 is 6.64. The van der Waals surface area contributed by atoms with Crippen molar-refractivity contribution >= 4 is 57.7 Å². The highest BCUT2D eigenvalue weighted by molar-refractivity contribution is 7.18. The molecule has 3 nitrogen and oxygen atoms in total. The van der Waals surface area contributed by atoms with Gasteiger partial charge in [-0.25, -0.2) is 0 Å². The van der Waals surface area contributed by atoms with Crippen LogP contribution in [0.3, 0.4) is 0 Å². The summed E-state index contributed by atoms with van der Waals surface area (Å²) in [6.45, 7) is 0. The highest BCUT2D eigenvalue weighted by atomic mass is 35.5. The van der Waals surface area contributed by atoms with Crippen molar-refractivity contribution < 1.29 is 4.76 Å². The highest BCUT2D eigenvalue weighted by Crippen LogP contribution is 2.33. The van der Waals surface area contributed by atoms with E-state index in [1.807, 2.05) is 30.3 Å². The van der Waals surface area contributed by atoms with E-state index in [0.29, 0.717) is 0 Å². The minimum Gasteiger partial charge on any atom is -0.432 e. The van der Waals surface area contributed by atoms with Gasteiger partial charge in [0.25, 0.3) is 0 Å². The molecule has 0 saturated carbocycles. The maximum Gasteiger partial charge on any atom is 0.550 e. The topological polar surface area (TPSA) is 24.8 Å². The highest BCUT2D eigenvalue weighted by Gasteiger charge is 2.41. The van der Waals surface area contributed by atoms with Crippen molar-refractivity contribution in [3.8, 4) is 0 Å². The molecule has 130 valence electrons. The number of anilines is 1. The molecule has 0 spiro atoms. The van der Waals surface area contributed by atoms with Gasteiger partial charge in [-0.05, 0) is 29.0 Å². The number of oxime groups is 1. The predicted molar refractivity (Wildman–Crippen MR) is 115 cm³/mol. The maximum absolute atomic E-state index is 6.19. The van der Waals surface area contributed by atoms with Crippen LogP contribution in [0.1, 0.15) is 4.88 Å². The quantitative estimate of drug-likeness (QED) is 0.453. The van der Waals surface area contributed by atoms with Crippen molar-refractivity contribution in [1.82, 2.24) is 0 Å². The Bertz CT molecular complexity index is 1140. The van der Waals surface area contributed by atoms with Crippen LogP contribution < -0.4 is 10.3 Å². The third kappa shape index (κ3) is 2.89. The van der Waals surface area contributed by atoms with Gasteiger partial charge in [0.15, 0.2) is 5.84 Å². The molecule has 0 atom stereocenters. The molecular formula is C21H14BClN2OS. The monoisotopic (exact) mass is 388 g/mol. The summed E-state index contributed by atoms with van der Waals surface area (Å²) in [6, 6.07) is 28.7. The third-order valence-corrected chi connectivity index (χ3v) is 5.83. The average molecular weight is 389 g/mol. The van der Waals surface area contributed by atoms with Gasteiger partial charge in [0.2, 0.25) is 0 Å². The van der Waals surface area contributed by atoms with Crippen LogP contribution in [-0.4, -0.2) is 12.9 Å². The zero-order valence-corrected chi connectivity index (χ0v) is 15.8. The minimum atomic E-state index is -0.326. The Labute approximate surface area is 166 Å². The first-order valence-corrected chi connectivity index (χ1v) is 9.82. The number of amidine groups is 1. The lowest BCUT2D eigenvalue weighted by Crippen LogP contribution is -2.49. The van der Waals surface area contributed by atoms with Crippen LogP contribution >= 0.6 is 22.9 Å². The van der Waals surface area contributed by atoms with Gasteiger partial charge in [0.05, 0.1) is 9.21 Å². The Kier molecular flexibility index (Phi) is 4.11. The van der Waals surface area contributed by atoms with Gasteiger partial charge in [-0.1, -0.05) is 83.5 Å². The Morgan fingerprint density at radius 1 is 0.852 bits per heavy atom. The number of hydrogen-bond acceptors (Lipinski definition) is 4. The van der Waals surface area contributed by atoms with Crippen molar-refractivity contribution in [3.63, 3.8) is 0 Å². The number of hydrogen-bond donors (Lipinski definition) is 0. The van der Waals surface area contributed by atoms with Crippen LogP contribution in [-0.2, 0) is 4.76 Å². The SMILES string of the molecule is Clc1ccc(C2=NOB(c3ccccc3)N2c2cccc3ccccc23)s1. The smallest absolute Gasteiger partial charge is 0.432 e. The van der Waals surface area contributed by atoms with E-state index in [2.05, 4.69) is 64.6 Å². The molecule has 6 heteroatoms. The predicted octanol–water partition coefficient (Wildman–Crippen LogP) is 5.15. The fraction of sp³-hybridized carbons (Fsp3) is 0. The van der Waals surface area contributed by atoms with Crippen LogP contribution in [0.2, 0.25) is 4.34 Å². The zero-order chi connectivity index (χ0) is 18.2. The first-order valence-electron chi connectivity index (χ1n) is 8.63. The minimum absolute atomic E-state index is 0.326. The Morgan fingerprint density at radius 3 is 2.44 bits per heavy atom. The van der Waals surface area contributed by atoms with E-state index in [1.165, 1.54) is 16.7 Å². The van der Waals surface area contributed by atoms with Gasteiger partial charge in [0, 0.05) is 11.1 Å².